The first-order valence-electron chi connectivity index (χ1n) is 11.7. The van der Waals surface area contributed by atoms with Gasteiger partial charge < -0.3 is 14.1 Å². The Balaban J connectivity index is 1.57. The van der Waals surface area contributed by atoms with Crippen molar-refractivity contribution in [1.29, 1.82) is 0 Å². The molecule has 0 aliphatic carbocycles. The Hall–Kier alpha value is -1.30. The third kappa shape index (κ3) is 3.74. The number of hydrogen-bond acceptors (Lipinski definition) is 3. The number of fused-ring (bicyclic) bond motifs is 5. The van der Waals surface area contributed by atoms with Gasteiger partial charge in [-0.25, -0.2) is 0 Å². The predicted octanol–water partition coefficient (Wildman–Crippen LogP) is 6.14. The molecule has 0 amide bonds. The molecular weight excluding hydrogens is 388 g/mol. The fraction of sp³-hybridized carbons (Fsp3) is 0.680. The molecule has 1 fully saturated rings. The second kappa shape index (κ2) is 7.99. The molecule has 0 unspecified atom stereocenters. The maximum Gasteiger partial charge on any atom is 0.191 e. The largest absolute Gasteiger partial charge is 0.496 e. The highest BCUT2D eigenvalue weighted by Gasteiger charge is 2.42. The zero-order valence-corrected chi connectivity index (χ0v) is 21.0. The maximum absolute atomic E-state index is 6.68. The fourth-order valence-electron chi connectivity index (χ4n) is 5.25. The summed E-state index contributed by atoms with van der Waals surface area (Å²) in [6, 6.07) is 6.87. The summed E-state index contributed by atoms with van der Waals surface area (Å²) >= 11 is 0. The van der Waals surface area contributed by atoms with Crippen molar-refractivity contribution in [2.45, 2.75) is 71.1 Å². The lowest BCUT2D eigenvalue weighted by Crippen LogP contribution is -2.49. The van der Waals surface area contributed by atoms with E-state index < -0.39 is 8.32 Å². The van der Waals surface area contributed by atoms with Crippen molar-refractivity contribution in [2.24, 2.45) is 11.8 Å². The smallest absolute Gasteiger partial charge is 0.191 e. The van der Waals surface area contributed by atoms with Gasteiger partial charge >= 0.3 is 0 Å². The van der Waals surface area contributed by atoms with Crippen molar-refractivity contribution in [3.63, 3.8) is 0 Å². The van der Waals surface area contributed by atoms with E-state index in [1.54, 1.807) is 7.11 Å². The van der Waals surface area contributed by atoms with E-state index in [1.165, 1.54) is 35.0 Å². The number of nitrogens with zero attached hydrogens (tertiary/aromatic N) is 1. The Morgan fingerprint density at radius 1 is 1.20 bits per heavy atom. The Bertz CT molecular complexity index is 898. The number of H-pyrrole nitrogens is 1. The van der Waals surface area contributed by atoms with Gasteiger partial charge in [0.05, 0.1) is 13.2 Å². The van der Waals surface area contributed by atoms with Gasteiger partial charge in [-0.2, -0.15) is 0 Å². The van der Waals surface area contributed by atoms with Gasteiger partial charge in [0.25, 0.3) is 0 Å². The number of aromatic nitrogens is 1. The molecule has 0 bridgehead atoms. The van der Waals surface area contributed by atoms with Crippen molar-refractivity contribution < 1.29 is 9.16 Å². The molecule has 1 aromatic heterocycles. The van der Waals surface area contributed by atoms with Crippen LogP contribution >= 0.6 is 0 Å². The first-order valence-corrected chi connectivity index (χ1v) is 14.6. The van der Waals surface area contributed by atoms with Crippen LogP contribution in [0.2, 0.25) is 18.1 Å². The molecule has 3 atom stereocenters. The molecule has 1 saturated heterocycles. The van der Waals surface area contributed by atoms with E-state index in [1.807, 2.05) is 0 Å². The summed E-state index contributed by atoms with van der Waals surface area (Å²) < 4.78 is 12.4. The van der Waals surface area contributed by atoms with Crippen LogP contribution in [0.25, 0.3) is 10.9 Å². The Kier molecular flexibility index (Phi) is 5.84. The first-order chi connectivity index (χ1) is 14.2. The molecule has 3 heterocycles. The van der Waals surface area contributed by atoms with Crippen LogP contribution in [0.3, 0.4) is 0 Å². The standard InChI is InChI=1S/C25H40N2O2Si/c1-8-17-14-21-24-19(23-20(26-24)10-9-11-22(23)28-5)12-13-27(21)15-18(17)16-29-30(6,7)25(2,3)4/h9-11,17-18,21,26H,8,12-16H2,1-7H3/t17-,18-,21-/m0/s1. The highest BCUT2D eigenvalue weighted by molar-refractivity contribution is 6.74. The average Bonchev–Trinajstić information content (AvgIpc) is 3.09. The number of methoxy groups -OCH3 is 1. The van der Waals surface area contributed by atoms with E-state index in [0.717, 1.165) is 37.8 Å². The highest BCUT2D eigenvalue weighted by atomic mass is 28.4. The van der Waals surface area contributed by atoms with Crippen LogP contribution in [0.1, 0.15) is 57.8 Å². The van der Waals surface area contributed by atoms with E-state index in [4.69, 9.17) is 9.16 Å². The second-order valence-electron chi connectivity index (χ2n) is 10.9. The van der Waals surface area contributed by atoms with Crippen molar-refractivity contribution in [2.75, 3.05) is 26.8 Å². The summed E-state index contributed by atoms with van der Waals surface area (Å²) in [6.45, 7) is 17.3. The second-order valence-corrected chi connectivity index (χ2v) is 15.7. The molecule has 4 rings (SSSR count). The first kappa shape index (κ1) is 21.9. The summed E-state index contributed by atoms with van der Waals surface area (Å²) in [4.78, 5) is 6.50. The molecule has 1 N–H and O–H groups in total. The van der Waals surface area contributed by atoms with Gasteiger partial charge in [0.15, 0.2) is 8.32 Å². The van der Waals surface area contributed by atoms with E-state index >= 15 is 0 Å². The number of piperidine rings is 1. The molecule has 2 aliphatic rings. The average molecular weight is 429 g/mol. The van der Waals surface area contributed by atoms with E-state index in [0.29, 0.717) is 12.0 Å². The van der Waals surface area contributed by atoms with E-state index in [2.05, 4.69) is 68.9 Å². The van der Waals surface area contributed by atoms with E-state index in [9.17, 15) is 0 Å². The van der Waals surface area contributed by atoms with Crippen molar-refractivity contribution in [3.05, 3.63) is 29.5 Å². The lowest BCUT2D eigenvalue weighted by atomic mass is 9.77. The predicted molar refractivity (Wildman–Crippen MR) is 128 cm³/mol. The van der Waals surface area contributed by atoms with Crippen LogP contribution in [0.15, 0.2) is 18.2 Å². The van der Waals surface area contributed by atoms with Gasteiger partial charge in [-0.3, -0.25) is 4.90 Å². The summed E-state index contributed by atoms with van der Waals surface area (Å²) in [5.41, 5.74) is 4.13. The Morgan fingerprint density at radius 3 is 2.63 bits per heavy atom. The van der Waals surface area contributed by atoms with Crippen LogP contribution in [0.5, 0.6) is 5.75 Å². The van der Waals surface area contributed by atoms with Crippen molar-refractivity contribution in [1.82, 2.24) is 9.88 Å². The topological polar surface area (TPSA) is 37.5 Å². The number of nitrogens with one attached hydrogen (secondary N) is 1. The van der Waals surface area contributed by atoms with Gasteiger partial charge in [-0.1, -0.05) is 40.2 Å². The van der Waals surface area contributed by atoms with Crippen LogP contribution in [0.4, 0.5) is 0 Å². The van der Waals surface area contributed by atoms with Gasteiger partial charge in [0, 0.05) is 36.3 Å². The van der Waals surface area contributed by atoms with Gasteiger partial charge in [0.2, 0.25) is 0 Å². The minimum absolute atomic E-state index is 0.273. The SMILES string of the molecule is CC[C@H]1C[C@H]2c3[nH]c4cccc(OC)c4c3CCN2C[C@H]1CO[Si](C)(C)C(C)(C)C. The zero-order valence-electron chi connectivity index (χ0n) is 20.0. The van der Waals surface area contributed by atoms with Gasteiger partial charge in [-0.05, 0) is 60.5 Å². The number of ether oxygens (including phenoxy) is 1. The van der Waals surface area contributed by atoms with Crippen LogP contribution in [0, 0.1) is 11.8 Å². The molecule has 0 radical (unpaired) electrons. The number of benzene rings is 1. The summed E-state index contributed by atoms with van der Waals surface area (Å²) in [7, 11) is 0.0779. The van der Waals surface area contributed by atoms with E-state index in [-0.39, 0.29) is 5.04 Å². The van der Waals surface area contributed by atoms with Crippen molar-refractivity contribution >= 4 is 19.2 Å². The molecule has 166 valence electrons. The number of rotatable bonds is 5. The van der Waals surface area contributed by atoms with Gasteiger partial charge in [-0.15, -0.1) is 0 Å². The molecule has 5 heteroatoms. The fourth-order valence-corrected chi connectivity index (χ4v) is 6.31. The molecule has 2 aliphatic heterocycles. The lowest BCUT2D eigenvalue weighted by molar-refractivity contribution is 0.0255. The van der Waals surface area contributed by atoms with Crippen LogP contribution < -0.4 is 4.74 Å². The third-order valence-electron chi connectivity index (χ3n) is 8.22. The van der Waals surface area contributed by atoms with Crippen LogP contribution in [-0.4, -0.2) is 45.0 Å². The molecule has 0 spiro atoms. The highest BCUT2D eigenvalue weighted by Crippen LogP contribution is 2.46. The third-order valence-corrected chi connectivity index (χ3v) is 12.7. The Morgan fingerprint density at radius 2 is 1.97 bits per heavy atom. The molecule has 30 heavy (non-hydrogen) atoms. The minimum Gasteiger partial charge on any atom is -0.496 e. The Labute approximate surface area is 183 Å². The normalized spacial score (nSPS) is 25.2. The van der Waals surface area contributed by atoms with Crippen LogP contribution in [-0.2, 0) is 10.8 Å². The summed E-state index contributed by atoms with van der Waals surface area (Å²) in [5.74, 6) is 2.36. The minimum atomic E-state index is -1.70. The molecule has 4 nitrogen and oxygen atoms in total. The summed E-state index contributed by atoms with van der Waals surface area (Å²) in [6.07, 6.45) is 3.55. The van der Waals surface area contributed by atoms with Gasteiger partial charge in [0.1, 0.15) is 5.75 Å². The summed E-state index contributed by atoms with van der Waals surface area (Å²) in [5, 5.41) is 1.57. The number of hydrogen-bond donors (Lipinski definition) is 1. The molecule has 1 aromatic carbocycles. The van der Waals surface area contributed by atoms with Crippen molar-refractivity contribution in [3.8, 4) is 5.75 Å². The molecule has 2 aromatic rings. The zero-order chi connectivity index (χ0) is 21.7. The number of aromatic amines is 1. The maximum atomic E-state index is 6.68. The quantitative estimate of drug-likeness (QED) is 0.581. The lowest BCUT2D eigenvalue weighted by Gasteiger charge is -2.47. The monoisotopic (exact) mass is 428 g/mol. The molecule has 0 saturated carbocycles. The molecular formula is C25H40N2O2Si.